The largest absolute Gasteiger partial charge is 0.480 e. The molecule has 7 nitrogen and oxygen atoms in total. The van der Waals surface area contributed by atoms with Gasteiger partial charge in [-0.15, -0.1) is 0 Å². The number of hydrogen-bond donors (Lipinski definition) is 4. The number of aliphatic hydroxyl groups excluding tert-OH is 1. The smallest absolute Gasteiger partial charge is 0.328 e. The van der Waals surface area contributed by atoms with Crippen LogP contribution in [0.2, 0.25) is 0 Å². The number of nitrogens with zero attached hydrogens (tertiary/aromatic N) is 1. The van der Waals surface area contributed by atoms with Crippen LogP contribution >= 0.6 is 0 Å². The summed E-state index contributed by atoms with van der Waals surface area (Å²) in [7, 11) is 0. The van der Waals surface area contributed by atoms with Crippen LogP contribution in [-0.2, 0) is 4.79 Å². The standard InChI is InChI=1S/C9H16N2O5/c1-9(16)2-3-11(5-9)8(15)10-6(4-12)7(13)14/h6,12,16H,2-5H2,1H3,(H,10,15)(H,13,14)/t6-,9?/m1/s1. The molecule has 2 amide bonds. The molecule has 1 saturated heterocycles. The highest BCUT2D eigenvalue weighted by Crippen LogP contribution is 2.19. The molecule has 1 aliphatic heterocycles. The second kappa shape index (κ2) is 4.67. The fraction of sp³-hybridized carbons (Fsp3) is 0.778. The maximum atomic E-state index is 11.5. The molecule has 92 valence electrons. The van der Waals surface area contributed by atoms with Gasteiger partial charge in [-0.1, -0.05) is 0 Å². The lowest BCUT2D eigenvalue weighted by Gasteiger charge is -2.21. The van der Waals surface area contributed by atoms with Gasteiger partial charge in [0, 0.05) is 6.54 Å². The van der Waals surface area contributed by atoms with Gasteiger partial charge < -0.3 is 25.5 Å². The van der Waals surface area contributed by atoms with Gasteiger partial charge in [-0.05, 0) is 13.3 Å². The second-order valence-corrected chi connectivity index (χ2v) is 4.19. The number of aliphatic carboxylic acids is 1. The summed E-state index contributed by atoms with van der Waals surface area (Å²) in [6.45, 7) is 1.49. The average Bonchev–Trinajstić information content (AvgIpc) is 2.54. The number of carbonyl (C=O) groups is 2. The number of aliphatic hydroxyl groups is 2. The number of hydrogen-bond acceptors (Lipinski definition) is 4. The minimum atomic E-state index is -1.31. The van der Waals surface area contributed by atoms with E-state index in [0.717, 1.165) is 0 Å². The van der Waals surface area contributed by atoms with Crippen molar-refractivity contribution < 1.29 is 24.9 Å². The van der Waals surface area contributed by atoms with E-state index in [4.69, 9.17) is 10.2 Å². The van der Waals surface area contributed by atoms with Crippen LogP contribution in [0.15, 0.2) is 0 Å². The van der Waals surface area contributed by atoms with Crippen molar-refractivity contribution in [1.82, 2.24) is 10.2 Å². The van der Waals surface area contributed by atoms with E-state index in [-0.39, 0.29) is 6.54 Å². The third-order valence-corrected chi connectivity index (χ3v) is 2.52. The van der Waals surface area contributed by atoms with E-state index in [1.54, 1.807) is 6.92 Å². The zero-order valence-electron chi connectivity index (χ0n) is 9.01. The fourth-order valence-electron chi connectivity index (χ4n) is 1.54. The van der Waals surface area contributed by atoms with Crippen molar-refractivity contribution in [3.05, 3.63) is 0 Å². The van der Waals surface area contributed by atoms with Gasteiger partial charge in [-0.3, -0.25) is 0 Å². The van der Waals surface area contributed by atoms with Gasteiger partial charge in [0.15, 0.2) is 6.04 Å². The molecule has 0 saturated carbocycles. The zero-order chi connectivity index (χ0) is 12.3. The van der Waals surface area contributed by atoms with Crippen molar-refractivity contribution >= 4 is 12.0 Å². The van der Waals surface area contributed by atoms with Gasteiger partial charge in [0.2, 0.25) is 0 Å². The Bertz CT molecular complexity index is 292. The van der Waals surface area contributed by atoms with Crippen molar-refractivity contribution in [3.63, 3.8) is 0 Å². The molecule has 1 fully saturated rings. The van der Waals surface area contributed by atoms with Crippen LogP contribution in [0.4, 0.5) is 4.79 Å². The molecule has 1 unspecified atom stereocenters. The van der Waals surface area contributed by atoms with E-state index in [0.29, 0.717) is 13.0 Å². The van der Waals surface area contributed by atoms with Gasteiger partial charge in [-0.25, -0.2) is 9.59 Å². The van der Waals surface area contributed by atoms with Crippen molar-refractivity contribution in [2.75, 3.05) is 19.7 Å². The zero-order valence-corrected chi connectivity index (χ0v) is 9.01. The normalized spacial score (nSPS) is 26.6. The Morgan fingerprint density at radius 1 is 1.56 bits per heavy atom. The summed E-state index contributed by atoms with van der Waals surface area (Å²) >= 11 is 0. The number of likely N-dealkylation sites (tertiary alicyclic amines) is 1. The lowest BCUT2D eigenvalue weighted by molar-refractivity contribution is -0.140. The number of carbonyl (C=O) groups excluding carboxylic acids is 1. The quantitative estimate of drug-likeness (QED) is 0.478. The SMILES string of the molecule is CC1(O)CCN(C(=O)N[C@H](CO)C(=O)O)C1. The molecule has 1 aliphatic rings. The fourth-order valence-corrected chi connectivity index (χ4v) is 1.54. The number of amides is 2. The molecule has 0 radical (unpaired) electrons. The Hall–Kier alpha value is -1.34. The van der Waals surface area contributed by atoms with E-state index in [2.05, 4.69) is 5.32 Å². The van der Waals surface area contributed by atoms with Gasteiger partial charge in [-0.2, -0.15) is 0 Å². The predicted octanol–water partition coefficient (Wildman–Crippen LogP) is -1.40. The lowest BCUT2D eigenvalue weighted by atomic mass is 10.1. The maximum Gasteiger partial charge on any atom is 0.328 e. The predicted molar refractivity (Wildman–Crippen MR) is 53.9 cm³/mol. The van der Waals surface area contributed by atoms with Gasteiger partial charge >= 0.3 is 12.0 Å². The molecule has 0 bridgehead atoms. The molecule has 0 aromatic carbocycles. The number of rotatable bonds is 3. The molecule has 0 aromatic heterocycles. The van der Waals surface area contributed by atoms with Crippen LogP contribution in [0.1, 0.15) is 13.3 Å². The van der Waals surface area contributed by atoms with E-state index in [1.165, 1.54) is 4.90 Å². The summed E-state index contributed by atoms with van der Waals surface area (Å²) in [4.78, 5) is 23.4. The molecule has 7 heteroatoms. The van der Waals surface area contributed by atoms with E-state index in [9.17, 15) is 14.7 Å². The van der Waals surface area contributed by atoms with Gasteiger partial charge in [0.25, 0.3) is 0 Å². The first kappa shape index (κ1) is 12.7. The van der Waals surface area contributed by atoms with Crippen LogP contribution in [0, 0.1) is 0 Å². The first-order valence-corrected chi connectivity index (χ1v) is 4.97. The minimum absolute atomic E-state index is 0.163. The summed E-state index contributed by atoms with van der Waals surface area (Å²) in [5.41, 5.74) is -0.921. The highest BCUT2D eigenvalue weighted by atomic mass is 16.4. The maximum absolute atomic E-state index is 11.5. The lowest BCUT2D eigenvalue weighted by Crippen LogP contribution is -2.49. The number of nitrogens with one attached hydrogen (secondary N) is 1. The van der Waals surface area contributed by atoms with Crippen LogP contribution in [-0.4, -0.2) is 63.6 Å². The van der Waals surface area contributed by atoms with Crippen molar-refractivity contribution in [1.29, 1.82) is 0 Å². The van der Waals surface area contributed by atoms with Crippen LogP contribution in [0.5, 0.6) is 0 Å². The van der Waals surface area contributed by atoms with Crippen molar-refractivity contribution in [3.8, 4) is 0 Å². The number of carboxylic acids is 1. The Kier molecular flexibility index (Phi) is 3.71. The highest BCUT2D eigenvalue weighted by molar-refractivity contribution is 5.82. The van der Waals surface area contributed by atoms with Gasteiger partial charge in [0.05, 0.1) is 18.8 Å². The minimum Gasteiger partial charge on any atom is -0.480 e. The molecule has 0 aliphatic carbocycles. The summed E-state index contributed by atoms with van der Waals surface area (Å²) in [6.07, 6.45) is 0.456. The number of β-amino-alcohol motifs (C(OH)–C–C–N with tert-alkyl or cyclic N) is 1. The van der Waals surface area contributed by atoms with Crippen molar-refractivity contribution in [2.45, 2.75) is 25.0 Å². The summed E-state index contributed by atoms with van der Waals surface area (Å²) in [5.74, 6) is -1.29. The number of urea groups is 1. The molecule has 16 heavy (non-hydrogen) atoms. The van der Waals surface area contributed by atoms with E-state index in [1.807, 2.05) is 0 Å². The van der Waals surface area contributed by atoms with Crippen molar-refractivity contribution in [2.24, 2.45) is 0 Å². The molecule has 1 rings (SSSR count). The van der Waals surface area contributed by atoms with Crippen LogP contribution in [0.3, 0.4) is 0 Å². The average molecular weight is 232 g/mol. The third-order valence-electron chi connectivity index (χ3n) is 2.52. The summed E-state index contributed by atoms with van der Waals surface area (Å²) < 4.78 is 0. The molecule has 1 heterocycles. The van der Waals surface area contributed by atoms with Crippen LogP contribution < -0.4 is 5.32 Å². The van der Waals surface area contributed by atoms with E-state index < -0.39 is 30.3 Å². The van der Waals surface area contributed by atoms with Gasteiger partial charge in [0.1, 0.15) is 0 Å². The summed E-state index contributed by atoms with van der Waals surface area (Å²) in [5, 5.41) is 29.2. The topological polar surface area (TPSA) is 110 Å². The first-order valence-electron chi connectivity index (χ1n) is 4.97. The Balaban J connectivity index is 2.50. The molecule has 0 spiro atoms. The molecule has 2 atom stereocenters. The molecule has 0 aromatic rings. The summed E-state index contributed by atoms with van der Waals surface area (Å²) in [6, 6.07) is -1.89. The second-order valence-electron chi connectivity index (χ2n) is 4.19. The highest BCUT2D eigenvalue weighted by Gasteiger charge is 2.35. The Labute approximate surface area is 92.7 Å². The number of carboxylic acid groups (broad SMARTS) is 1. The molecular formula is C9H16N2O5. The van der Waals surface area contributed by atoms with E-state index >= 15 is 0 Å². The molecular weight excluding hydrogens is 216 g/mol. The third kappa shape index (κ3) is 3.07. The monoisotopic (exact) mass is 232 g/mol. The first-order chi connectivity index (χ1) is 7.35. The Morgan fingerprint density at radius 2 is 2.19 bits per heavy atom. The van der Waals surface area contributed by atoms with Crippen LogP contribution in [0.25, 0.3) is 0 Å². The Morgan fingerprint density at radius 3 is 2.56 bits per heavy atom. The molecule has 4 N–H and O–H groups in total.